The summed E-state index contributed by atoms with van der Waals surface area (Å²) >= 11 is 6.72. The third kappa shape index (κ3) is 2.85. The summed E-state index contributed by atoms with van der Waals surface area (Å²) in [4.78, 5) is 5.96. The van der Waals surface area contributed by atoms with Crippen LogP contribution in [0.3, 0.4) is 0 Å². The van der Waals surface area contributed by atoms with Gasteiger partial charge >= 0.3 is 0 Å². The Balaban J connectivity index is 2.29. The van der Waals surface area contributed by atoms with Crippen molar-refractivity contribution in [2.45, 2.75) is 23.6 Å². The highest BCUT2D eigenvalue weighted by Crippen LogP contribution is 2.27. The van der Waals surface area contributed by atoms with Crippen molar-refractivity contribution in [3.05, 3.63) is 10.7 Å². The lowest BCUT2D eigenvalue weighted by molar-refractivity contribution is 0.291. The summed E-state index contributed by atoms with van der Waals surface area (Å²) in [5.74, 6) is 0. The molecule has 18 heavy (non-hydrogen) atoms. The lowest BCUT2D eigenvalue weighted by Gasteiger charge is -2.26. The number of hydrogen-bond acceptors (Lipinski definition) is 5. The van der Waals surface area contributed by atoms with Crippen LogP contribution in [-0.4, -0.2) is 55.3 Å². The molecule has 1 aliphatic rings. The molecular weight excluding hydrogens is 294 g/mol. The number of hydrogen-bond donors (Lipinski definition) is 0. The van der Waals surface area contributed by atoms with Crippen molar-refractivity contribution in [2.24, 2.45) is 0 Å². The fraction of sp³-hybridized carbons (Fsp3) is 0.700. The summed E-state index contributed by atoms with van der Waals surface area (Å²) in [5.41, 5.74) is 0. The Hall–Kier alpha value is -0.210. The van der Waals surface area contributed by atoms with Gasteiger partial charge in [0, 0.05) is 19.1 Å². The molecule has 1 fully saturated rings. The predicted molar refractivity (Wildman–Crippen MR) is 72.6 cm³/mol. The fourth-order valence-corrected chi connectivity index (χ4v) is 5.27. The summed E-state index contributed by atoms with van der Waals surface area (Å²) in [6.07, 6.45) is 2.18. The number of likely N-dealkylation sites (N-methyl/N-ethyl adjacent to an activating group) is 1. The maximum atomic E-state index is 12.5. The van der Waals surface area contributed by atoms with Crippen molar-refractivity contribution in [1.82, 2.24) is 14.2 Å². The van der Waals surface area contributed by atoms with E-state index in [0.29, 0.717) is 6.54 Å². The first-order chi connectivity index (χ1) is 8.41. The Labute approximate surface area is 116 Å². The zero-order valence-corrected chi connectivity index (χ0v) is 12.7. The molecule has 0 aromatic carbocycles. The van der Waals surface area contributed by atoms with Gasteiger partial charge in [0.15, 0.2) is 8.68 Å². The second-order valence-electron chi connectivity index (χ2n) is 4.51. The van der Waals surface area contributed by atoms with Crippen LogP contribution in [0.1, 0.15) is 13.3 Å². The van der Waals surface area contributed by atoms with Gasteiger partial charge < -0.3 is 4.90 Å². The zero-order chi connectivity index (χ0) is 13.3. The second-order valence-corrected chi connectivity index (χ2v) is 8.24. The Kier molecular flexibility index (Phi) is 4.28. The molecule has 1 aromatic heterocycles. The quantitative estimate of drug-likeness (QED) is 0.831. The first-order valence-corrected chi connectivity index (χ1v) is 8.36. The summed E-state index contributed by atoms with van der Waals surface area (Å²) in [6.45, 7) is 4.14. The third-order valence-electron chi connectivity index (χ3n) is 3.01. The van der Waals surface area contributed by atoms with Crippen LogP contribution in [0.2, 0.25) is 4.47 Å². The molecule has 8 heteroatoms. The van der Waals surface area contributed by atoms with Crippen molar-refractivity contribution in [3.8, 4) is 0 Å². The minimum atomic E-state index is -3.46. The first-order valence-electron chi connectivity index (χ1n) is 5.73. The van der Waals surface area contributed by atoms with Crippen LogP contribution in [-0.2, 0) is 10.0 Å². The smallest absolute Gasteiger partial charge is 0.254 e. The molecule has 0 N–H and O–H groups in total. The fourth-order valence-electron chi connectivity index (χ4n) is 2.18. The molecule has 1 unspecified atom stereocenters. The molecule has 0 spiro atoms. The molecule has 1 saturated heterocycles. The van der Waals surface area contributed by atoms with Gasteiger partial charge in [-0.15, -0.1) is 0 Å². The minimum absolute atomic E-state index is 0.0385. The van der Waals surface area contributed by atoms with Crippen LogP contribution >= 0.6 is 22.9 Å². The van der Waals surface area contributed by atoms with Gasteiger partial charge in [-0.25, -0.2) is 13.4 Å². The highest BCUT2D eigenvalue weighted by molar-refractivity contribution is 7.91. The van der Waals surface area contributed by atoms with Gasteiger partial charge in [-0.2, -0.15) is 4.31 Å². The maximum absolute atomic E-state index is 12.5. The van der Waals surface area contributed by atoms with E-state index in [0.717, 1.165) is 30.8 Å². The van der Waals surface area contributed by atoms with Gasteiger partial charge in [0.25, 0.3) is 10.0 Å². The van der Waals surface area contributed by atoms with E-state index >= 15 is 0 Å². The zero-order valence-electron chi connectivity index (χ0n) is 10.3. The van der Waals surface area contributed by atoms with Crippen molar-refractivity contribution >= 4 is 33.0 Å². The van der Waals surface area contributed by atoms with Crippen LogP contribution in [0.25, 0.3) is 0 Å². The van der Waals surface area contributed by atoms with E-state index in [2.05, 4.69) is 9.88 Å². The largest absolute Gasteiger partial charge is 0.305 e. The topological polar surface area (TPSA) is 53.5 Å². The normalized spacial score (nSPS) is 24.1. The number of sulfonamides is 1. The van der Waals surface area contributed by atoms with Gasteiger partial charge in [-0.3, -0.25) is 0 Å². The number of aromatic nitrogens is 1. The number of rotatable bonds is 2. The van der Waals surface area contributed by atoms with E-state index < -0.39 is 10.0 Å². The number of nitrogens with zero attached hydrogens (tertiary/aromatic N) is 3. The molecule has 1 aliphatic heterocycles. The van der Waals surface area contributed by atoms with Gasteiger partial charge in [0.2, 0.25) is 0 Å². The van der Waals surface area contributed by atoms with Gasteiger partial charge in [0.1, 0.15) is 0 Å². The molecule has 2 heterocycles. The van der Waals surface area contributed by atoms with E-state index in [-0.39, 0.29) is 14.7 Å². The van der Waals surface area contributed by atoms with E-state index in [9.17, 15) is 8.42 Å². The molecule has 2 rings (SSSR count). The van der Waals surface area contributed by atoms with Crippen LogP contribution in [0, 0.1) is 0 Å². The number of thiazole rings is 1. The molecule has 0 amide bonds. The molecule has 0 aliphatic carbocycles. The summed E-state index contributed by atoms with van der Waals surface area (Å²) in [7, 11) is -1.45. The second kappa shape index (κ2) is 5.42. The molecule has 0 bridgehead atoms. The predicted octanol–water partition coefficient (Wildman–Crippen LogP) is 1.51. The van der Waals surface area contributed by atoms with Gasteiger partial charge in [-0.1, -0.05) is 22.9 Å². The Morgan fingerprint density at radius 1 is 1.50 bits per heavy atom. The molecule has 1 aromatic rings. The van der Waals surface area contributed by atoms with Gasteiger partial charge in [-0.05, 0) is 26.9 Å². The van der Waals surface area contributed by atoms with Crippen LogP contribution < -0.4 is 0 Å². The van der Waals surface area contributed by atoms with Crippen LogP contribution in [0.5, 0.6) is 0 Å². The van der Waals surface area contributed by atoms with Crippen molar-refractivity contribution in [2.75, 3.05) is 26.7 Å². The Morgan fingerprint density at radius 3 is 2.83 bits per heavy atom. The Morgan fingerprint density at radius 2 is 2.22 bits per heavy atom. The van der Waals surface area contributed by atoms with Crippen molar-refractivity contribution in [1.29, 1.82) is 0 Å². The first kappa shape index (κ1) is 14.2. The average Bonchev–Trinajstić information content (AvgIpc) is 2.63. The lowest BCUT2D eigenvalue weighted by atomic mass is 10.3. The van der Waals surface area contributed by atoms with Crippen LogP contribution in [0.4, 0.5) is 0 Å². The van der Waals surface area contributed by atoms with Crippen LogP contribution in [0.15, 0.2) is 10.4 Å². The number of halogens is 1. The average molecular weight is 310 g/mol. The summed E-state index contributed by atoms with van der Waals surface area (Å²) in [5, 5.41) is 0. The standard InChI is InChI=1S/C10H16ClN3O2S2/c1-8-7-13(2)4-3-5-14(8)18(15,16)9-6-12-10(11)17-9/h6,8H,3-5,7H2,1-2H3. The highest BCUT2D eigenvalue weighted by Gasteiger charge is 2.32. The Bertz CT molecular complexity index is 517. The lowest BCUT2D eigenvalue weighted by Crippen LogP contribution is -2.41. The maximum Gasteiger partial charge on any atom is 0.254 e. The van der Waals surface area contributed by atoms with E-state index in [1.807, 2.05) is 14.0 Å². The molecule has 1 atom stereocenters. The molecule has 0 radical (unpaired) electrons. The molecular formula is C10H16ClN3O2S2. The highest BCUT2D eigenvalue weighted by atomic mass is 35.5. The van der Waals surface area contributed by atoms with E-state index in [4.69, 9.17) is 11.6 Å². The van der Waals surface area contributed by atoms with E-state index in [1.165, 1.54) is 6.20 Å². The molecule has 102 valence electrons. The summed E-state index contributed by atoms with van der Waals surface area (Å²) < 4.78 is 27.0. The van der Waals surface area contributed by atoms with Crippen molar-refractivity contribution in [3.63, 3.8) is 0 Å². The third-order valence-corrected chi connectivity index (χ3v) is 6.57. The summed E-state index contributed by atoms with van der Waals surface area (Å²) in [6, 6.07) is -0.0385. The van der Waals surface area contributed by atoms with Crippen molar-refractivity contribution < 1.29 is 8.42 Å². The minimum Gasteiger partial charge on any atom is -0.305 e. The SMILES string of the molecule is CC1CN(C)CCCN1S(=O)(=O)c1cnc(Cl)s1. The molecule has 0 saturated carbocycles. The van der Waals surface area contributed by atoms with Gasteiger partial charge in [0.05, 0.1) is 6.20 Å². The van der Waals surface area contributed by atoms with E-state index in [1.54, 1.807) is 4.31 Å². The monoisotopic (exact) mass is 309 g/mol. The molecule has 5 nitrogen and oxygen atoms in total.